The van der Waals surface area contributed by atoms with Gasteiger partial charge >= 0.3 is 0 Å². The summed E-state index contributed by atoms with van der Waals surface area (Å²) in [6.07, 6.45) is 2.95. The second-order valence-corrected chi connectivity index (χ2v) is 7.44. The van der Waals surface area contributed by atoms with E-state index in [9.17, 15) is 0 Å². The first-order valence-corrected chi connectivity index (χ1v) is 9.55. The van der Waals surface area contributed by atoms with E-state index < -0.39 is 0 Å². The molecule has 1 N–H and O–H groups in total. The Labute approximate surface area is 167 Å². The molecule has 1 saturated heterocycles. The van der Waals surface area contributed by atoms with Crippen LogP contribution >= 0.6 is 35.7 Å². The summed E-state index contributed by atoms with van der Waals surface area (Å²) in [4.78, 5) is 9.47. The van der Waals surface area contributed by atoms with Crippen molar-refractivity contribution in [2.45, 2.75) is 31.6 Å². The van der Waals surface area contributed by atoms with Crippen LogP contribution in [0, 0.1) is 0 Å². The summed E-state index contributed by atoms with van der Waals surface area (Å²) in [6, 6.07) is 4.13. The van der Waals surface area contributed by atoms with E-state index in [2.05, 4.69) is 54.8 Å². The summed E-state index contributed by atoms with van der Waals surface area (Å²) < 4.78 is 5.58. The highest BCUT2D eigenvalue weighted by molar-refractivity contribution is 14.0. The van der Waals surface area contributed by atoms with Gasteiger partial charge in [-0.3, -0.25) is 9.89 Å². The largest absolute Gasteiger partial charge is 0.468 e. The first-order valence-electron chi connectivity index (χ1n) is 8.50. The Balaban J connectivity index is 0.00000288. The van der Waals surface area contributed by atoms with Gasteiger partial charge in [-0.2, -0.15) is 11.8 Å². The van der Waals surface area contributed by atoms with Gasteiger partial charge in [0.15, 0.2) is 5.96 Å². The van der Waals surface area contributed by atoms with Crippen LogP contribution in [-0.4, -0.2) is 67.0 Å². The second kappa shape index (κ2) is 11.3. The number of aliphatic imine (C=N–C) groups is 1. The van der Waals surface area contributed by atoms with Crippen LogP contribution in [0.1, 0.15) is 32.1 Å². The van der Waals surface area contributed by atoms with Crippen LogP contribution in [0.4, 0.5) is 0 Å². The number of likely N-dealkylation sites (N-methyl/N-ethyl adjacent to an activating group) is 1. The van der Waals surface area contributed by atoms with E-state index in [1.807, 2.05) is 12.1 Å². The monoisotopic (exact) mass is 466 g/mol. The molecule has 24 heavy (non-hydrogen) atoms. The molecule has 138 valence electrons. The van der Waals surface area contributed by atoms with Crippen LogP contribution in [0.25, 0.3) is 0 Å². The summed E-state index contributed by atoms with van der Waals surface area (Å²) in [7, 11) is 4.14. The minimum Gasteiger partial charge on any atom is -0.468 e. The quantitative estimate of drug-likeness (QED) is 0.396. The minimum absolute atomic E-state index is 0. The van der Waals surface area contributed by atoms with Gasteiger partial charge in [-0.15, -0.1) is 24.0 Å². The van der Waals surface area contributed by atoms with Crippen LogP contribution in [0.3, 0.4) is 0 Å². The summed E-state index contributed by atoms with van der Waals surface area (Å²) >= 11 is 2.08. The number of thioether (sulfide) groups is 1. The van der Waals surface area contributed by atoms with Gasteiger partial charge in [0.1, 0.15) is 5.76 Å². The van der Waals surface area contributed by atoms with Gasteiger partial charge in [0.25, 0.3) is 0 Å². The molecule has 0 amide bonds. The third kappa shape index (κ3) is 6.15. The Bertz CT molecular complexity index is 481. The number of hydrogen-bond donors (Lipinski definition) is 1. The number of rotatable bonds is 6. The standard InChI is InChI=1S/C17H30N4OS.HI/c1-5-14-13-21(9-11-23-14)17(18-6-2)19-12-15(20(3)4)16-8-7-10-22-16;/h7-8,10,14-15H,5-6,9,11-13H2,1-4H3,(H,18,19);1H. The maximum absolute atomic E-state index is 5.58. The van der Waals surface area contributed by atoms with Crippen molar-refractivity contribution in [2.24, 2.45) is 4.99 Å². The van der Waals surface area contributed by atoms with Gasteiger partial charge in [-0.05, 0) is 39.6 Å². The summed E-state index contributed by atoms with van der Waals surface area (Å²) in [5.74, 6) is 3.18. The Kier molecular flexibility index (Phi) is 10.1. The molecule has 1 aromatic rings. The van der Waals surface area contributed by atoms with Crippen molar-refractivity contribution < 1.29 is 4.42 Å². The Hall–Kier alpha value is -0.410. The maximum Gasteiger partial charge on any atom is 0.194 e. The number of nitrogens with one attached hydrogen (secondary N) is 1. The first-order chi connectivity index (χ1) is 11.2. The van der Waals surface area contributed by atoms with E-state index in [4.69, 9.17) is 9.41 Å². The lowest BCUT2D eigenvalue weighted by molar-refractivity contribution is 0.264. The predicted molar refractivity (Wildman–Crippen MR) is 115 cm³/mol. The maximum atomic E-state index is 5.58. The highest BCUT2D eigenvalue weighted by Gasteiger charge is 2.22. The number of halogens is 1. The molecule has 1 aliphatic rings. The Morgan fingerprint density at radius 1 is 1.50 bits per heavy atom. The average molecular weight is 466 g/mol. The highest BCUT2D eigenvalue weighted by atomic mass is 127. The van der Waals surface area contributed by atoms with Crippen LogP contribution in [0.5, 0.6) is 0 Å². The van der Waals surface area contributed by atoms with Crippen molar-refractivity contribution in [1.29, 1.82) is 0 Å². The highest BCUT2D eigenvalue weighted by Crippen LogP contribution is 2.22. The van der Waals surface area contributed by atoms with Crippen LogP contribution in [0.15, 0.2) is 27.8 Å². The lowest BCUT2D eigenvalue weighted by atomic mass is 10.2. The SMILES string of the molecule is CCNC(=NCC(c1ccco1)N(C)C)N1CCSC(CC)C1.I. The van der Waals surface area contributed by atoms with Crippen molar-refractivity contribution in [3.05, 3.63) is 24.2 Å². The van der Waals surface area contributed by atoms with E-state index in [0.29, 0.717) is 11.8 Å². The van der Waals surface area contributed by atoms with Crippen LogP contribution in [-0.2, 0) is 0 Å². The Morgan fingerprint density at radius 2 is 2.29 bits per heavy atom. The molecule has 0 spiro atoms. The molecule has 2 unspecified atom stereocenters. The molecule has 0 saturated carbocycles. The van der Waals surface area contributed by atoms with Gasteiger partial charge < -0.3 is 14.6 Å². The normalized spacial score (nSPS) is 20.0. The van der Waals surface area contributed by atoms with E-state index in [1.54, 1.807) is 6.26 Å². The molecule has 1 aromatic heterocycles. The van der Waals surface area contributed by atoms with Crippen molar-refractivity contribution in [1.82, 2.24) is 15.1 Å². The topological polar surface area (TPSA) is 44.0 Å². The first kappa shape index (κ1) is 21.6. The van der Waals surface area contributed by atoms with E-state index in [0.717, 1.165) is 31.4 Å². The second-order valence-electron chi connectivity index (χ2n) is 6.04. The van der Waals surface area contributed by atoms with Gasteiger partial charge in [0.2, 0.25) is 0 Å². The van der Waals surface area contributed by atoms with Crippen molar-refractivity contribution in [3.8, 4) is 0 Å². The fraction of sp³-hybridized carbons (Fsp3) is 0.706. The zero-order valence-corrected chi connectivity index (χ0v) is 18.3. The molecule has 0 bridgehead atoms. The van der Waals surface area contributed by atoms with E-state index in [-0.39, 0.29) is 30.0 Å². The zero-order chi connectivity index (χ0) is 16.7. The zero-order valence-electron chi connectivity index (χ0n) is 15.2. The van der Waals surface area contributed by atoms with E-state index in [1.165, 1.54) is 12.2 Å². The third-order valence-corrected chi connectivity index (χ3v) is 5.51. The molecule has 2 rings (SSSR count). The summed E-state index contributed by atoms with van der Waals surface area (Å²) in [5, 5.41) is 4.16. The van der Waals surface area contributed by atoms with Crippen molar-refractivity contribution in [2.75, 3.05) is 46.0 Å². The molecular weight excluding hydrogens is 435 g/mol. The van der Waals surface area contributed by atoms with Crippen molar-refractivity contribution >= 4 is 41.7 Å². The lowest BCUT2D eigenvalue weighted by Crippen LogP contribution is -2.48. The molecule has 2 atom stereocenters. The molecule has 0 aromatic carbocycles. The third-order valence-electron chi connectivity index (χ3n) is 4.14. The summed E-state index contributed by atoms with van der Waals surface area (Å²) in [6.45, 7) is 8.14. The lowest BCUT2D eigenvalue weighted by Gasteiger charge is -2.34. The number of furan rings is 1. The Morgan fingerprint density at radius 3 is 2.88 bits per heavy atom. The van der Waals surface area contributed by atoms with Crippen LogP contribution < -0.4 is 5.32 Å². The van der Waals surface area contributed by atoms with Gasteiger partial charge in [-0.25, -0.2) is 0 Å². The number of nitrogens with zero attached hydrogens (tertiary/aromatic N) is 3. The van der Waals surface area contributed by atoms with E-state index >= 15 is 0 Å². The molecular formula is C17H31IN4OS. The fourth-order valence-corrected chi connectivity index (χ4v) is 3.93. The van der Waals surface area contributed by atoms with Gasteiger partial charge in [-0.1, -0.05) is 6.92 Å². The van der Waals surface area contributed by atoms with Gasteiger partial charge in [0, 0.05) is 30.6 Å². The molecule has 5 nitrogen and oxygen atoms in total. The molecule has 1 fully saturated rings. The molecule has 1 aliphatic heterocycles. The minimum atomic E-state index is 0. The average Bonchev–Trinajstić information content (AvgIpc) is 3.08. The number of guanidine groups is 1. The molecule has 7 heteroatoms. The smallest absolute Gasteiger partial charge is 0.194 e. The number of hydrogen-bond acceptors (Lipinski definition) is 4. The molecule has 2 heterocycles. The predicted octanol–water partition coefficient (Wildman–Crippen LogP) is 3.29. The van der Waals surface area contributed by atoms with Crippen molar-refractivity contribution in [3.63, 3.8) is 0 Å². The summed E-state index contributed by atoms with van der Waals surface area (Å²) in [5.41, 5.74) is 0. The van der Waals surface area contributed by atoms with Gasteiger partial charge in [0.05, 0.1) is 18.8 Å². The molecule has 0 aliphatic carbocycles. The fourth-order valence-electron chi connectivity index (χ4n) is 2.75. The van der Waals surface area contributed by atoms with Crippen LogP contribution in [0.2, 0.25) is 0 Å². The molecule has 0 radical (unpaired) electrons.